The summed E-state index contributed by atoms with van der Waals surface area (Å²) < 4.78 is 0. The monoisotopic (exact) mass is 597 g/mol. The van der Waals surface area contributed by atoms with Crippen molar-refractivity contribution in [2.45, 2.75) is 65.1 Å². The van der Waals surface area contributed by atoms with Crippen molar-refractivity contribution in [3.05, 3.63) is 60.2 Å². The number of rotatable bonds is 15. The summed E-state index contributed by atoms with van der Waals surface area (Å²) in [5.74, 6) is -5.45. The molecule has 7 N–H and O–H groups in total. The number of anilines is 2. The SMILES string of the molecule is CC(C)C[C@H](NC(=O)Cc1ccc(NC(=O)Nc2ccccc2)cc1)C(=O)N[C@@H](CC(=O)O)C(=O)N[C@H](C(=O)O)C(C)C. The fraction of sp³-hybridized carbons (Fsp3) is 0.400. The molecule has 2 rings (SSSR count). The average Bonchev–Trinajstić information content (AvgIpc) is 2.91. The second kappa shape index (κ2) is 16.5. The maximum Gasteiger partial charge on any atom is 0.326 e. The Balaban J connectivity index is 2.03. The molecule has 13 heteroatoms. The predicted octanol–water partition coefficient (Wildman–Crippen LogP) is 2.59. The largest absolute Gasteiger partial charge is 0.481 e. The molecule has 0 heterocycles. The van der Waals surface area contributed by atoms with Crippen molar-refractivity contribution in [3.8, 4) is 0 Å². The van der Waals surface area contributed by atoms with Crippen molar-refractivity contribution in [1.82, 2.24) is 16.0 Å². The van der Waals surface area contributed by atoms with Crippen molar-refractivity contribution in [2.24, 2.45) is 11.8 Å². The van der Waals surface area contributed by atoms with Crippen LogP contribution in [0.1, 0.15) is 46.1 Å². The van der Waals surface area contributed by atoms with Gasteiger partial charge in [-0.25, -0.2) is 9.59 Å². The lowest BCUT2D eigenvalue weighted by atomic mass is 10.0. The zero-order chi connectivity index (χ0) is 32.1. The molecule has 0 aliphatic rings. The van der Waals surface area contributed by atoms with E-state index in [0.29, 0.717) is 16.9 Å². The Labute approximate surface area is 249 Å². The molecule has 0 saturated carbocycles. The van der Waals surface area contributed by atoms with E-state index in [1.807, 2.05) is 19.9 Å². The van der Waals surface area contributed by atoms with E-state index in [4.69, 9.17) is 0 Å². The highest BCUT2D eigenvalue weighted by molar-refractivity contribution is 6.00. The number of nitrogens with one attached hydrogen (secondary N) is 5. The van der Waals surface area contributed by atoms with Crippen molar-refractivity contribution >= 4 is 47.1 Å². The number of para-hydroxylation sites is 1. The van der Waals surface area contributed by atoms with Gasteiger partial charge in [-0.15, -0.1) is 0 Å². The third-order valence-electron chi connectivity index (χ3n) is 6.21. The van der Waals surface area contributed by atoms with Gasteiger partial charge in [-0.2, -0.15) is 0 Å². The second-order valence-electron chi connectivity index (χ2n) is 10.8. The third kappa shape index (κ3) is 12.2. The van der Waals surface area contributed by atoms with Gasteiger partial charge in [-0.3, -0.25) is 19.2 Å². The van der Waals surface area contributed by atoms with E-state index in [-0.39, 0.29) is 18.8 Å². The van der Waals surface area contributed by atoms with Crippen molar-refractivity contribution in [1.29, 1.82) is 0 Å². The van der Waals surface area contributed by atoms with Gasteiger partial charge in [0.1, 0.15) is 18.1 Å². The number of carboxylic acid groups (broad SMARTS) is 2. The number of carbonyl (C=O) groups excluding carboxylic acids is 4. The Kier molecular flexibility index (Phi) is 13.1. The Morgan fingerprint density at radius 2 is 1.26 bits per heavy atom. The van der Waals surface area contributed by atoms with Gasteiger partial charge in [-0.05, 0) is 48.1 Å². The van der Waals surface area contributed by atoms with Gasteiger partial charge in [0.2, 0.25) is 17.7 Å². The van der Waals surface area contributed by atoms with Gasteiger partial charge in [-0.1, -0.05) is 58.0 Å². The summed E-state index contributed by atoms with van der Waals surface area (Å²) in [5, 5.41) is 31.3. The molecule has 3 atom stereocenters. The van der Waals surface area contributed by atoms with E-state index < -0.39 is 66.2 Å². The third-order valence-corrected chi connectivity index (χ3v) is 6.21. The number of carbonyl (C=O) groups is 6. The Hall–Kier alpha value is -4.94. The number of aliphatic carboxylic acids is 2. The Morgan fingerprint density at radius 1 is 0.698 bits per heavy atom. The molecule has 0 aliphatic heterocycles. The number of hydrogen-bond donors (Lipinski definition) is 7. The maximum atomic E-state index is 13.1. The lowest BCUT2D eigenvalue weighted by Gasteiger charge is -2.25. The van der Waals surface area contributed by atoms with E-state index in [1.54, 1.807) is 62.4 Å². The van der Waals surface area contributed by atoms with Gasteiger partial charge in [0.25, 0.3) is 0 Å². The fourth-order valence-corrected chi connectivity index (χ4v) is 4.08. The number of carboxylic acids is 2. The molecule has 0 spiro atoms. The molecular weight excluding hydrogens is 558 g/mol. The molecular formula is C30H39N5O8. The van der Waals surface area contributed by atoms with Gasteiger partial charge in [0.15, 0.2) is 0 Å². The van der Waals surface area contributed by atoms with E-state index >= 15 is 0 Å². The van der Waals surface area contributed by atoms with E-state index in [1.165, 1.54) is 0 Å². The first-order chi connectivity index (χ1) is 20.2. The minimum Gasteiger partial charge on any atom is -0.481 e. The van der Waals surface area contributed by atoms with Crippen LogP contribution < -0.4 is 26.6 Å². The Morgan fingerprint density at radius 3 is 1.77 bits per heavy atom. The molecule has 0 aromatic heterocycles. The number of amides is 5. The fourth-order valence-electron chi connectivity index (χ4n) is 4.08. The number of hydrogen-bond acceptors (Lipinski definition) is 6. The van der Waals surface area contributed by atoms with Crippen LogP contribution in [0.3, 0.4) is 0 Å². The first kappa shape index (κ1) is 34.3. The topological polar surface area (TPSA) is 203 Å². The van der Waals surface area contributed by atoms with Gasteiger partial charge in [0.05, 0.1) is 12.8 Å². The van der Waals surface area contributed by atoms with Crippen LogP contribution >= 0.6 is 0 Å². The summed E-state index contributed by atoms with van der Waals surface area (Å²) in [4.78, 5) is 73.8. The van der Waals surface area contributed by atoms with E-state index in [0.717, 1.165) is 0 Å². The maximum absolute atomic E-state index is 13.1. The van der Waals surface area contributed by atoms with E-state index in [2.05, 4.69) is 26.6 Å². The van der Waals surface area contributed by atoms with Crippen molar-refractivity contribution < 1.29 is 39.0 Å². The average molecular weight is 598 g/mol. The van der Waals surface area contributed by atoms with Gasteiger partial charge in [0, 0.05) is 11.4 Å². The minimum absolute atomic E-state index is 0.0486. The molecule has 0 unspecified atom stereocenters. The highest BCUT2D eigenvalue weighted by Gasteiger charge is 2.32. The summed E-state index contributed by atoms with van der Waals surface area (Å²) in [5.41, 5.74) is 1.73. The molecule has 2 aromatic carbocycles. The summed E-state index contributed by atoms with van der Waals surface area (Å²) in [6.07, 6.45) is -0.678. The van der Waals surface area contributed by atoms with Gasteiger partial charge >= 0.3 is 18.0 Å². The van der Waals surface area contributed by atoms with Crippen LogP contribution in [-0.2, 0) is 30.4 Å². The molecule has 13 nitrogen and oxygen atoms in total. The molecule has 232 valence electrons. The predicted molar refractivity (Wildman–Crippen MR) is 159 cm³/mol. The molecule has 2 aromatic rings. The summed E-state index contributed by atoms with van der Waals surface area (Å²) >= 11 is 0. The highest BCUT2D eigenvalue weighted by atomic mass is 16.4. The van der Waals surface area contributed by atoms with Crippen LogP contribution in [0.15, 0.2) is 54.6 Å². The van der Waals surface area contributed by atoms with Crippen molar-refractivity contribution in [2.75, 3.05) is 10.6 Å². The van der Waals surface area contributed by atoms with Crippen molar-refractivity contribution in [3.63, 3.8) is 0 Å². The minimum atomic E-state index is -1.56. The standard InChI is InChI=1S/C30H39N5O8/c1-17(2)14-22(27(39)34-23(16-25(37)38)28(40)35-26(18(3)4)29(41)42)33-24(36)15-19-10-12-21(13-11-19)32-30(43)31-20-8-6-5-7-9-20/h5-13,17-18,22-23,26H,14-16H2,1-4H3,(H,33,36)(H,34,39)(H,35,40)(H,37,38)(H,41,42)(H2,31,32,43)/t22-,23-,26-/m0/s1. The first-order valence-electron chi connectivity index (χ1n) is 13.8. The van der Waals surface area contributed by atoms with Crippen LogP contribution in [0.25, 0.3) is 0 Å². The lowest BCUT2D eigenvalue weighted by Crippen LogP contribution is -2.57. The first-order valence-corrected chi connectivity index (χ1v) is 13.8. The van der Waals surface area contributed by atoms with Gasteiger partial charge < -0.3 is 36.8 Å². The summed E-state index contributed by atoms with van der Waals surface area (Å²) in [7, 11) is 0. The van der Waals surface area contributed by atoms with Crippen LogP contribution in [-0.4, -0.2) is 64.0 Å². The molecule has 43 heavy (non-hydrogen) atoms. The quantitative estimate of drug-likeness (QED) is 0.162. The number of urea groups is 1. The normalized spacial score (nSPS) is 12.9. The molecule has 0 radical (unpaired) electrons. The summed E-state index contributed by atoms with van der Waals surface area (Å²) in [6.45, 7) is 6.80. The highest BCUT2D eigenvalue weighted by Crippen LogP contribution is 2.13. The molecule has 0 saturated heterocycles. The van der Waals surface area contributed by atoms with Crippen LogP contribution in [0.2, 0.25) is 0 Å². The zero-order valence-electron chi connectivity index (χ0n) is 24.5. The van der Waals surface area contributed by atoms with Crippen LogP contribution in [0.5, 0.6) is 0 Å². The van der Waals surface area contributed by atoms with E-state index in [9.17, 15) is 39.0 Å². The molecule has 5 amide bonds. The second-order valence-corrected chi connectivity index (χ2v) is 10.8. The zero-order valence-corrected chi connectivity index (χ0v) is 24.5. The van der Waals surface area contributed by atoms with Crippen LogP contribution in [0, 0.1) is 11.8 Å². The number of benzene rings is 2. The molecule has 0 fully saturated rings. The smallest absolute Gasteiger partial charge is 0.326 e. The summed E-state index contributed by atoms with van der Waals surface area (Å²) in [6, 6.07) is 11.1. The molecule has 0 aliphatic carbocycles. The Bertz CT molecular complexity index is 1280. The lowest BCUT2D eigenvalue weighted by molar-refractivity contribution is -0.144. The van der Waals surface area contributed by atoms with Crippen LogP contribution in [0.4, 0.5) is 16.2 Å². The molecule has 0 bridgehead atoms.